The van der Waals surface area contributed by atoms with E-state index in [1.54, 1.807) is 6.92 Å². The van der Waals surface area contributed by atoms with Crippen molar-refractivity contribution in [3.63, 3.8) is 0 Å². The van der Waals surface area contributed by atoms with E-state index >= 15 is 0 Å². The lowest BCUT2D eigenvalue weighted by molar-refractivity contribution is -0.137. The number of esters is 1. The van der Waals surface area contributed by atoms with Gasteiger partial charge in [-0.3, -0.25) is 0 Å². The number of benzene rings is 2. The van der Waals surface area contributed by atoms with Gasteiger partial charge in [-0.05, 0) is 31.0 Å². The highest BCUT2D eigenvalue weighted by atomic mass is 16.5. The van der Waals surface area contributed by atoms with Crippen LogP contribution in [0.15, 0.2) is 72.8 Å². The first-order valence-electron chi connectivity index (χ1n) is 7.49. The number of rotatable bonds is 7. The molecule has 114 valence electrons. The van der Waals surface area contributed by atoms with E-state index < -0.39 is 0 Å². The molecule has 3 nitrogen and oxygen atoms in total. The van der Waals surface area contributed by atoms with Crippen LogP contribution in [-0.4, -0.2) is 12.6 Å². The van der Waals surface area contributed by atoms with E-state index in [4.69, 9.17) is 4.74 Å². The van der Waals surface area contributed by atoms with Crippen LogP contribution in [0.2, 0.25) is 0 Å². The van der Waals surface area contributed by atoms with E-state index in [-0.39, 0.29) is 12.0 Å². The van der Waals surface area contributed by atoms with Crippen molar-refractivity contribution < 1.29 is 9.53 Å². The number of anilines is 1. The number of ether oxygens (including phenoxy) is 1. The minimum Gasteiger partial charge on any atom is -0.463 e. The molecule has 0 spiro atoms. The average molecular weight is 295 g/mol. The lowest BCUT2D eigenvalue weighted by atomic mass is 10.0. The average Bonchev–Trinajstić information content (AvgIpc) is 2.56. The van der Waals surface area contributed by atoms with Crippen molar-refractivity contribution in [2.45, 2.75) is 19.4 Å². The van der Waals surface area contributed by atoms with E-state index in [1.165, 1.54) is 11.6 Å². The van der Waals surface area contributed by atoms with Gasteiger partial charge in [-0.25, -0.2) is 4.79 Å². The van der Waals surface area contributed by atoms with Gasteiger partial charge in [0, 0.05) is 11.8 Å². The second-order valence-corrected chi connectivity index (χ2v) is 4.86. The van der Waals surface area contributed by atoms with Gasteiger partial charge in [0.05, 0.1) is 12.6 Å². The molecule has 2 aromatic rings. The van der Waals surface area contributed by atoms with Crippen LogP contribution in [0.5, 0.6) is 0 Å². The largest absolute Gasteiger partial charge is 0.463 e. The summed E-state index contributed by atoms with van der Waals surface area (Å²) in [6.07, 6.45) is 4.05. The zero-order valence-electron chi connectivity index (χ0n) is 12.7. The second-order valence-electron chi connectivity index (χ2n) is 4.86. The summed E-state index contributed by atoms with van der Waals surface area (Å²) in [5, 5.41) is 3.50. The Morgan fingerprint density at radius 1 is 1.09 bits per heavy atom. The highest BCUT2D eigenvalue weighted by molar-refractivity contribution is 5.81. The molecule has 0 fully saturated rings. The fourth-order valence-corrected chi connectivity index (χ4v) is 2.19. The normalized spacial score (nSPS) is 12.0. The Labute approximate surface area is 131 Å². The van der Waals surface area contributed by atoms with Crippen LogP contribution in [0.4, 0.5) is 5.69 Å². The van der Waals surface area contributed by atoms with E-state index in [1.807, 2.05) is 54.6 Å². The van der Waals surface area contributed by atoms with Gasteiger partial charge in [0.2, 0.25) is 0 Å². The molecule has 0 aromatic heterocycles. The lowest BCUT2D eigenvalue weighted by Gasteiger charge is -2.19. The first kappa shape index (κ1) is 15.8. The summed E-state index contributed by atoms with van der Waals surface area (Å²) >= 11 is 0. The minimum absolute atomic E-state index is 0.106. The molecule has 0 heterocycles. The van der Waals surface area contributed by atoms with Gasteiger partial charge in [-0.1, -0.05) is 54.6 Å². The van der Waals surface area contributed by atoms with Crippen molar-refractivity contribution in [1.29, 1.82) is 0 Å². The molecule has 1 unspecified atom stereocenters. The first-order chi connectivity index (χ1) is 10.8. The SMILES string of the molecule is CCOC(=O)C=CCC(Nc1ccccc1)c1ccccc1. The predicted octanol–water partition coefficient (Wildman–Crippen LogP) is 4.35. The zero-order valence-corrected chi connectivity index (χ0v) is 12.7. The topological polar surface area (TPSA) is 38.3 Å². The maximum Gasteiger partial charge on any atom is 0.330 e. The summed E-state index contributed by atoms with van der Waals surface area (Å²) in [6, 6.07) is 20.4. The molecule has 0 saturated heterocycles. The molecule has 22 heavy (non-hydrogen) atoms. The molecular weight excluding hydrogens is 274 g/mol. The van der Waals surface area contributed by atoms with Gasteiger partial charge < -0.3 is 10.1 Å². The van der Waals surface area contributed by atoms with Gasteiger partial charge in [-0.15, -0.1) is 0 Å². The summed E-state index contributed by atoms with van der Waals surface area (Å²) in [6.45, 7) is 2.20. The van der Waals surface area contributed by atoms with Crippen LogP contribution < -0.4 is 5.32 Å². The fraction of sp³-hybridized carbons (Fsp3) is 0.211. The molecule has 0 saturated carbocycles. The zero-order chi connectivity index (χ0) is 15.6. The van der Waals surface area contributed by atoms with Gasteiger partial charge >= 0.3 is 5.97 Å². The van der Waals surface area contributed by atoms with E-state index in [2.05, 4.69) is 17.4 Å². The number of hydrogen-bond donors (Lipinski definition) is 1. The van der Waals surface area contributed by atoms with Gasteiger partial charge in [0.1, 0.15) is 0 Å². The van der Waals surface area contributed by atoms with Crippen molar-refractivity contribution in [2.75, 3.05) is 11.9 Å². The summed E-state index contributed by atoms with van der Waals surface area (Å²) in [4.78, 5) is 11.4. The molecule has 0 aliphatic heterocycles. The Balaban J connectivity index is 2.07. The molecular formula is C19H21NO2. The molecule has 1 atom stereocenters. The van der Waals surface area contributed by atoms with Crippen LogP contribution in [-0.2, 0) is 9.53 Å². The number of carbonyl (C=O) groups excluding carboxylic acids is 1. The third-order valence-corrected chi connectivity index (χ3v) is 3.23. The van der Waals surface area contributed by atoms with E-state index in [0.717, 1.165) is 5.69 Å². The Morgan fingerprint density at radius 2 is 1.73 bits per heavy atom. The van der Waals surface area contributed by atoms with Crippen LogP contribution in [0.3, 0.4) is 0 Å². The van der Waals surface area contributed by atoms with Crippen LogP contribution in [0.1, 0.15) is 24.9 Å². The summed E-state index contributed by atoms with van der Waals surface area (Å²) < 4.78 is 4.90. The van der Waals surface area contributed by atoms with Crippen molar-refractivity contribution >= 4 is 11.7 Å². The minimum atomic E-state index is -0.297. The maximum atomic E-state index is 11.4. The molecule has 0 amide bonds. The molecule has 0 aliphatic rings. The van der Waals surface area contributed by atoms with Crippen LogP contribution in [0.25, 0.3) is 0 Å². The quantitative estimate of drug-likeness (QED) is 0.609. The van der Waals surface area contributed by atoms with Crippen molar-refractivity contribution in [2.24, 2.45) is 0 Å². The maximum absolute atomic E-state index is 11.4. The highest BCUT2D eigenvalue weighted by Gasteiger charge is 2.09. The smallest absolute Gasteiger partial charge is 0.330 e. The van der Waals surface area contributed by atoms with Crippen molar-refractivity contribution in [3.8, 4) is 0 Å². The number of nitrogens with one attached hydrogen (secondary N) is 1. The number of carbonyl (C=O) groups is 1. The number of para-hydroxylation sites is 1. The summed E-state index contributed by atoms with van der Waals surface area (Å²) in [7, 11) is 0. The molecule has 0 radical (unpaired) electrons. The fourth-order valence-electron chi connectivity index (χ4n) is 2.19. The van der Waals surface area contributed by atoms with Crippen molar-refractivity contribution in [1.82, 2.24) is 0 Å². The first-order valence-corrected chi connectivity index (χ1v) is 7.49. The van der Waals surface area contributed by atoms with E-state index in [0.29, 0.717) is 13.0 Å². The van der Waals surface area contributed by atoms with E-state index in [9.17, 15) is 4.79 Å². The molecule has 0 bridgehead atoms. The second kappa shape index (κ2) is 8.67. The molecule has 2 rings (SSSR count). The standard InChI is InChI=1S/C19H21NO2/c1-2-22-19(21)15-9-14-18(16-10-5-3-6-11-16)20-17-12-7-4-8-13-17/h3-13,15,18,20H,2,14H2,1H3. The Bertz CT molecular complexity index is 593. The molecule has 0 aliphatic carbocycles. The van der Waals surface area contributed by atoms with Crippen molar-refractivity contribution in [3.05, 3.63) is 78.4 Å². The lowest BCUT2D eigenvalue weighted by Crippen LogP contribution is -2.10. The van der Waals surface area contributed by atoms with Crippen LogP contribution in [0, 0.1) is 0 Å². The highest BCUT2D eigenvalue weighted by Crippen LogP contribution is 2.22. The molecule has 1 N–H and O–H groups in total. The Hall–Kier alpha value is -2.55. The third-order valence-electron chi connectivity index (χ3n) is 3.23. The molecule has 3 heteroatoms. The molecule has 2 aromatic carbocycles. The summed E-state index contributed by atoms with van der Waals surface area (Å²) in [5.41, 5.74) is 2.24. The van der Waals surface area contributed by atoms with Crippen LogP contribution >= 0.6 is 0 Å². The third kappa shape index (κ3) is 5.09. The monoisotopic (exact) mass is 295 g/mol. The Morgan fingerprint density at radius 3 is 2.36 bits per heavy atom. The van der Waals surface area contributed by atoms with Gasteiger partial charge in [0.25, 0.3) is 0 Å². The Kier molecular flexibility index (Phi) is 6.24. The van der Waals surface area contributed by atoms with Gasteiger partial charge in [-0.2, -0.15) is 0 Å². The summed E-state index contributed by atoms with van der Waals surface area (Å²) in [5.74, 6) is -0.297. The number of hydrogen-bond acceptors (Lipinski definition) is 3. The van der Waals surface area contributed by atoms with Gasteiger partial charge in [0.15, 0.2) is 0 Å². The predicted molar refractivity (Wildman–Crippen MR) is 89.6 cm³/mol.